The van der Waals surface area contributed by atoms with Crippen LogP contribution in [-0.4, -0.2) is 46.1 Å². The van der Waals surface area contributed by atoms with Crippen LogP contribution in [-0.2, 0) is 0 Å². The van der Waals surface area contributed by atoms with E-state index >= 15 is 0 Å². The first-order valence-corrected chi connectivity index (χ1v) is 34.4. The lowest BCUT2D eigenvalue weighted by atomic mass is 10.1. The highest BCUT2D eigenvalue weighted by Crippen LogP contribution is 2.31. The number of aromatic nitrogens is 6. The molecule has 0 bridgehead atoms. The second-order valence-corrected chi connectivity index (χ2v) is 29.7. The highest BCUT2D eigenvalue weighted by atomic mass is 28.3. The summed E-state index contributed by atoms with van der Waals surface area (Å²) < 4.78 is 0. The van der Waals surface area contributed by atoms with Crippen molar-refractivity contribution in [1.82, 2.24) is 29.9 Å². The quantitative estimate of drug-likeness (QED) is 0.0612. The highest BCUT2D eigenvalue weighted by Gasteiger charge is 2.43. The van der Waals surface area contributed by atoms with Crippen LogP contribution in [0.4, 0.5) is 22.7 Å². The standard InChI is InChI=1S/2C41H27N5Si/c1-42-33-16-12-14-31(28-33)40-44-39(45-41(46-40)32-15-13-17-34(29-32)43-2)30-24-26-38(27-25-30)47(35-18-6-3-7-19-35,36-20-8-4-9-21-36)37-22-10-5-11-23-37;1-42-33-25-21-30(22-26-33)39-44-40(31-23-27-34(43-2)28-24-31)46-41(45-39)32-13-12-20-38(29-32)47(35-14-6-3-7-15-35,36-16-8-4-9-17-36)37-18-10-5-11-19-37/h2*3-29H. The first kappa shape index (κ1) is 60.0. The second-order valence-electron chi connectivity index (χ2n) is 22.1. The Labute approximate surface area is 548 Å². The van der Waals surface area contributed by atoms with Crippen LogP contribution in [0.5, 0.6) is 0 Å². The van der Waals surface area contributed by atoms with Gasteiger partial charge in [0, 0.05) is 33.4 Å². The lowest BCUT2D eigenvalue weighted by Crippen LogP contribution is -2.74. The van der Waals surface area contributed by atoms with Gasteiger partial charge in [-0.15, -0.1) is 0 Å². The maximum absolute atomic E-state index is 7.51. The van der Waals surface area contributed by atoms with E-state index in [9.17, 15) is 0 Å². The minimum atomic E-state index is -2.77. The van der Waals surface area contributed by atoms with Crippen LogP contribution in [0, 0.1) is 26.3 Å². The summed E-state index contributed by atoms with van der Waals surface area (Å²) in [7, 11) is -5.45. The molecule has 0 N–H and O–H groups in total. The summed E-state index contributed by atoms with van der Waals surface area (Å²) in [5, 5.41) is 10.2. The molecule has 0 amide bonds. The molecule has 440 valence electrons. The molecule has 2 heterocycles. The van der Waals surface area contributed by atoms with Crippen molar-refractivity contribution in [2.75, 3.05) is 0 Å². The van der Waals surface area contributed by atoms with E-state index in [0.717, 1.165) is 33.4 Å². The molecule has 94 heavy (non-hydrogen) atoms. The molecule has 0 spiro atoms. The summed E-state index contributed by atoms with van der Waals surface area (Å²) in [5.74, 6) is 3.03. The SMILES string of the molecule is [C-]#[N+]c1ccc(-c2nc(-c3ccc([N+]#[C-])cc3)nc(-c3cccc([Si](c4ccccc4)(c4ccccc4)c4ccccc4)c3)n2)cc1.[C-]#[N+]c1cccc(-c2nc(-c3ccc([Si](c4ccccc4)(c4ccccc4)c4ccccc4)cc3)nc(-c3cccc([N+]#[C-])c3)n2)c1. The van der Waals surface area contributed by atoms with Gasteiger partial charge < -0.3 is 0 Å². The monoisotopic (exact) mass is 1230 g/mol. The van der Waals surface area contributed by atoms with Crippen molar-refractivity contribution in [3.63, 3.8) is 0 Å². The molecule has 12 heteroatoms. The summed E-state index contributed by atoms with van der Waals surface area (Å²) in [5.41, 5.74) is 6.87. The lowest BCUT2D eigenvalue weighted by Gasteiger charge is -2.34. The fourth-order valence-corrected chi connectivity index (χ4v) is 21.8. The van der Waals surface area contributed by atoms with Gasteiger partial charge in [-0.25, -0.2) is 49.3 Å². The van der Waals surface area contributed by atoms with E-state index in [4.69, 9.17) is 56.2 Å². The lowest BCUT2D eigenvalue weighted by molar-refractivity contribution is 1.07. The molecular weight excluding hydrogens is 1180 g/mol. The summed E-state index contributed by atoms with van der Waals surface area (Å²) in [6.45, 7) is 29.7. The van der Waals surface area contributed by atoms with E-state index in [-0.39, 0.29) is 0 Å². The van der Waals surface area contributed by atoms with Crippen LogP contribution in [0.1, 0.15) is 0 Å². The number of nitrogens with zero attached hydrogens (tertiary/aromatic N) is 10. The Hall–Kier alpha value is -12.9. The molecule has 14 rings (SSSR count). The predicted molar refractivity (Wildman–Crippen MR) is 385 cm³/mol. The molecule has 14 aromatic rings. The summed E-state index contributed by atoms with van der Waals surface area (Å²) in [6.07, 6.45) is 0. The Balaban J connectivity index is 0.000000171. The average Bonchev–Trinajstić information content (AvgIpc) is 0.745. The van der Waals surface area contributed by atoms with Crippen molar-refractivity contribution in [1.29, 1.82) is 0 Å². The number of rotatable bonds is 14. The van der Waals surface area contributed by atoms with Crippen LogP contribution < -0.4 is 41.5 Å². The smallest absolute Gasteiger partial charge is 0.187 e. The average molecular weight is 1240 g/mol. The molecule has 2 aromatic heterocycles. The molecule has 0 unspecified atom stereocenters. The zero-order valence-electron chi connectivity index (χ0n) is 50.6. The highest BCUT2D eigenvalue weighted by molar-refractivity contribution is 7.20. The van der Waals surface area contributed by atoms with Crippen molar-refractivity contribution in [2.45, 2.75) is 0 Å². The molecule has 10 nitrogen and oxygen atoms in total. The van der Waals surface area contributed by atoms with E-state index in [1.54, 1.807) is 48.5 Å². The Morgan fingerprint density at radius 2 is 0.404 bits per heavy atom. The maximum atomic E-state index is 7.51. The number of hydrogen-bond donors (Lipinski definition) is 0. The fraction of sp³-hybridized carbons (Fsp3) is 0. The topological polar surface area (TPSA) is 94.8 Å². The third-order valence-electron chi connectivity index (χ3n) is 16.6. The van der Waals surface area contributed by atoms with Crippen molar-refractivity contribution < 1.29 is 0 Å². The van der Waals surface area contributed by atoms with Gasteiger partial charge in [-0.05, 0) is 53.6 Å². The zero-order valence-corrected chi connectivity index (χ0v) is 52.6. The maximum Gasteiger partial charge on any atom is 0.187 e. The van der Waals surface area contributed by atoms with Crippen molar-refractivity contribution in [2.24, 2.45) is 0 Å². The van der Waals surface area contributed by atoms with Gasteiger partial charge in [0.2, 0.25) is 0 Å². The van der Waals surface area contributed by atoms with Gasteiger partial charge in [0.05, 0.1) is 26.3 Å². The molecule has 0 saturated heterocycles. The molecule has 0 atom stereocenters. The minimum Gasteiger partial charge on any atom is -0.238 e. The number of hydrogen-bond acceptors (Lipinski definition) is 6. The van der Waals surface area contributed by atoms with Gasteiger partial charge in [0.1, 0.15) is 0 Å². The van der Waals surface area contributed by atoms with E-state index in [0.29, 0.717) is 57.7 Å². The zero-order chi connectivity index (χ0) is 64.1. The molecule has 0 radical (unpaired) electrons. The first-order valence-electron chi connectivity index (χ1n) is 30.4. The van der Waals surface area contributed by atoms with Gasteiger partial charge in [-0.3, -0.25) is 0 Å². The molecule has 0 aliphatic carbocycles. The summed E-state index contributed by atoms with van der Waals surface area (Å²) >= 11 is 0. The molecule has 0 fully saturated rings. The Kier molecular flexibility index (Phi) is 17.5. The number of benzene rings is 12. The van der Waals surface area contributed by atoms with Crippen LogP contribution in [0.3, 0.4) is 0 Å². The van der Waals surface area contributed by atoms with Crippen LogP contribution >= 0.6 is 0 Å². The normalized spacial score (nSPS) is 10.9. The van der Waals surface area contributed by atoms with Gasteiger partial charge >= 0.3 is 0 Å². The van der Waals surface area contributed by atoms with Gasteiger partial charge in [0.25, 0.3) is 0 Å². The molecule has 0 aliphatic rings. The third kappa shape index (κ3) is 12.2. The fourth-order valence-electron chi connectivity index (χ4n) is 12.2. The molecule has 12 aromatic carbocycles. The first-order chi connectivity index (χ1) is 46.4. The van der Waals surface area contributed by atoms with Gasteiger partial charge in [-0.1, -0.05) is 315 Å². The van der Waals surface area contributed by atoms with Crippen molar-refractivity contribution >= 4 is 80.4 Å². The Morgan fingerprint density at radius 1 is 0.181 bits per heavy atom. The van der Waals surface area contributed by atoms with E-state index in [2.05, 4.69) is 250 Å². The third-order valence-corrected chi connectivity index (χ3v) is 26.2. The molecular formula is C82H54N10Si2. The van der Waals surface area contributed by atoms with E-state index in [1.165, 1.54) is 41.5 Å². The summed E-state index contributed by atoms with van der Waals surface area (Å²) in [6, 6.07) is 111. The van der Waals surface area contributed by atoms with Crippen molar-refractivity contribution in [3.05, 3.63) is 373 Å². The van der Waals surface area contributed by atoms with E-state index < -0.39 is 16.1 Å². The summed E-state index contributed by atoms with van der Waals surface area (Å²) in [4.78, 5) is 43.7. The second kappa shape index (κ2) is 27.4. The predicted octanol–water partition coefficient (Wildman–Crippen LogP) is 14.7. The molecule has 0 aliphatic heterocycles. The Morgan fingerprint density at radius 3 is 0.691 bits per heavy atom. The van der Waals surface area contributed by atoms with Crippen LogP contribution in [0.15, 0.2) is 328 Å². The van der Waals surface area contributed by atoms with E-state index in [1.807, 2.05) is 48.5 Å². The van der Waals surface area contributed by atoms with Gasteiger partial charge in [0.15, 0.2) is 73.8 Å². The van der Waals surface area contributed by atoms with Crippen LogP contribution in [0.25, 0.3) is 87.7 Å². The van der Waals surface area contributed by atoms with Gasteiger partial charge in [-0.2, -0.15) is 0 Å². The molecule has 0 saturated carbocycles. The largest absolute Gasteiger partial charge is 0.238 e. The Bertz CT molecular complexity index is 4810. The van der Waals surface area contributed by atoms with Crippen molar-refractivity contribution in [3.8, 4) is 68.3 Å². The minimum absolute atomic E-state index is 0.467. The van der Waals surface area contributed by atoms with Crippen LogP contribution in [0.2, 0.25) is 0 Å².